The summed E-state index contributed by atoms with van der Waals surface area (Å²) in [6.45, 7) is 1.87. The van der Waals surface area contributed by atoms with Crippen molar-refractivity contribution in [2.75, 3.05) is 9.91 Å². The Morgan fingerprint density at radius 1 is 0.971 bits per heavy atom. The summed E-state index contributed by atoms with van der Waals surface area (Å²) in [6.07, 6.45) is 3.51. The topological polar surface area (TPSA) is 132 Å². The highest BCUT2D eigenvalue weighted by Crippen LogP contribution is 2.32. The highest BCUT2D eigenvalue weighted by Gasteiger charge is 2.22. The van der Waals surface area contributed by atoms with Crippen LogP contribution in [0.15, 0.2) is 73.1 Å². The number of benzene rings is 2. The summed E-state index contributed by atoms with van der Waals surface area (Å²) in [7, 11) is 0. The fourth-order valence-electron chi connectivity index (χ4n) is 3.33. The zero-order valence-corrected chi connectivity index (χ0v) is 19.1. The molecule has 0 radical (unpaired) electrons. The molecule has 1 heterocycles. The summed E-state index contributed by atoms with van der Waals surface area (Å²) >= 11 is 0. The summed E-state index contributed by atoms with van der Waals surface area (Å²) in [5.41, 5.74) is 9.61. The van der Waals surface area contributed by atoms with E-state index in [0.717, 1.165) is 0 Å². The minimum Gasteiger partial charge on any atom is -0.369 e. The number of halogens is 1. The third kappa shape index (κ3) is 6.47. The molecule has 2 aromatic carbocycles. The average molecular weight is 477 g/mol. The van der Waals surface area contributed by atoms with E-state index in [4.69, 9.17) is 11.1 Å². The standard InChI is InChI=1S/C25H25FN6O3/c1-2-4-22(27)25(35)30-32(19-11-13-29-14-12-19)21-6-3-5-20(15-21)31(24(34)16-23(28)33)18-9-7-17(26)8-10-18/h3,5-15,27H,2,4,16H2,1H3,(H2,28,33)(H,30,35). The maximum Gasteiger partial charge on any atom is 0.283 e. The van der Waals surface area contributed by atoms with Crippen LogP contribution in [0.4, 0.5) is 27.1 Å². The van der Waals surface area contributed by atoms with Crippen molar-refractivity contribution in [1.82, 2.24) is 10.4 Å². The molecule has 0 aliphatic carbocycles. The summed E-state index contributed by atoms with van der Waals surface area (Å²) in [5, 5.41) is 9.47. The number of hydrazine groups is 1. The van der Waals surface area contributed by atoms with Crippen LogP contribution in [-0.4, -0.2) is 28.4 Å². The number of pyridine rings is 1. The Balaban J connectivity index is 2.05. The number of aromatic nitrogens is 1. The van der Waals surface area contributed by atoms with Crippen LogP contribution in [0, 0.1) is 11.2 Å². The predicted molar refractivity (Wildman–Crippen MR) is 131 cm³/mol. The number of hydrogen-bond donors (Lipinski definition) is 3. The summed E-state index contributed by atoms with van der Waals surface area (Å²) in [6, 6.07) is 15.2. The first kappa shape index (κ1) is 25.0. The van der Waals surface area contributed by atoms with Crippen molar-refractivity contribution < 1.29 is 18.8 Å². The van der Waals surface area contributed by atoms with Gasteiger partial charge in [0.15, 0.2) is 0 Å². The second-order valence-corrected chi connectivity index (χ2v) is 7.58. The number of amides is 3. The van der Waals surface area contributed by atoms with Gasteiger partial charge in [0.1, 0.15) is 12.2 Å². The molecule has 0 aliphatic rings. The molecular weight excluding hydrogens is 451 g/mol. The lowest BCUT2D eigenvalue weighted by molar-refractivity contribution is -0.125. The normalized spacial score (nSPS) is 10.3. The van der Waals surface area contributed by atoms with Crippen molar-refractivity contribution in [2.24, 2.45) is 5.73 Å². The molecule has 0 atom stereocenters. The van der Waals surface area contributed by atoms with Crippen molar-refractivity contribution in [2.45, 2.75) is 26.2 Å². The maximum atomic E-state index is 13.5. The molecule has 10 heteroatoms. The lowest BCUT2D eigenvalue weighted by Gasteiger charge is -2.28. The van der Waals surface area contributed by atoms with E-state index < -0.39 is 30.0 Å². The molecule has 4 N–H and O–H groups in total. The van der Waals surface area contributed by atoms with E-state index in [-0.39, 0.29) is 5.71 Å². The molecule has 1 aromatic heterocycles. The van der Waals surface area contributed by atoms with Crippen molar-refractivity contribution in [3.63, 3.8) is 0 Å². The lowest BCUT2D eigenvalue weighted by Crippen LogP contribution is -2.42. The molecule has 3 aromatic rings. The number of hydrogen-bond acceptors (Lipinski definition) is 6. The Labute approximate surface area is 201 Å². The van der Waals surface area contributed by atoms with Crippen LogP contribution in [-0.2, 0) is 14.4 Å². The molecule has 0 spiro atoms. The fourth-order valence-corrected chi connectivity index (χ4v) is 3.33. The van der Waals surface area contributed by atoms with Crippen LogP contribution >= 0.6 is 0 Å². The van der Waals surface area contributed by atoms with E-state index in [0.29, 0.717) is 35.6 Å². The minimum absolute atomic E-state index is 0.0766. The van der Waals surface area contributed by atoms with Gasteiger partial charge < -0.3 is 5.73 Å². The first-order valence-electron chi connectivity index (χ1n) is 10.9. The number of nitrogens with one attached hydrogen (secondary N) is 2. The Morgan fingerprint density at radius 2 is 1.63 bits per heavy atom. The Kier molecular flexibility index (Phi) is 8.23. The average Bonchev–Trinajstić information content (AvgIpc) is 2.84. The van der Waals surface area contributed by atoms with Gasteiger partial charge in [-0.3, -0.25) is 40.1 Å². The first-order chi connectivity index (χ1) is 16.8. The second kappa shape index (κ2) is 11.5. The second-order valence-electron chi connectivity index (χ2n) is 7.58. The smallest absolute Gasteiger partial charge is 0.283 e. The van der Waals surface area contributed by atoms with Crippen LogP contribution in [0.5, 0.6) is 0 Å². The summed E-state index contributed by atoms with van der Waals surface area (Å²) in [4.78, 5) is 42.3. The molecule has 3 amide bonds. The van der Waals surface area contributed by atoms with E-state index in [1.165, 1.54) is 34.2 Å². The molecule has 9 nitrogen and oxygen atoms in total. The SMILES string of the molecule is CCCC(=N)C(=O)NN(c1ccncc1)c1cccc(N(C(=O)CC(N)=O)c2ccc(F)cc2)c1. The van der Waals surface area contributed by atoms with Gasteiger partial charge in [0.2, 0.25) is 11.8 Å². The van der Waals surface area contributed by atoms with Crippen LogP contribution < -0.4 is 21.1 Å². The van der Waals surface area contributed by atoms with Gasteiger partial charge >= 0.3 is 0 Å². The highest BCUT2D eigenvalue weighted by molar-refractivity contribution is 6.37. The minimum atomic E-state index is -0.807. The van der Waals surface area contributed by atoms with Gasteiger partial charge in [-0.05, 0) is 61.0 Å². The third-order valence-electron chi connectivity index (χ3n) is 4.91. The van der Waals surface area contributed by atoms with E-state index in [2.05, 4.69) is 10.4 Å². The fraction of sp³-hybridized carbons (Fsp3) is 0.160. The van der Waals surface area contributed by atoms with Crippen LogP contribution in [0.25, 0.3) is 0 Å². The molecule has 0 aliphatic heterocycles. The van der Waals surface area contributed by atoms with Crippen molar-refractivity contribution in [1.29, 1.82) is 5.41 Å². The summed E-state index contributed by atoms with van der Waals surface area (Å²) < 4.78 is 13.5. The largest absolute Gasteiger partial charge is 0.369 e. The zero-order chi connectivity index (χ0) is 25.4. The molecule has 0 saturated heterocycles. The van der Waals surface area contributed by atoms with Gasteiger partial charge in [-0.2, -0.15) is 0 Å². The molecule has 0 fully saturated rings. The number of primary amides is 1. The molecule has 3 rings (SSSR count). The van der Waals surface area contributed by atoms with Crippen molar-refractivity contribution in [3.05, 3.63) is 78.9 Å². The monoisotopic (exact) mass is 476 g/mol. The first-order valence-corrected chi connectivity index (χ1v) is 10.9. The highest BCUT2D eigenvalue weighted by atomic mass is 19.1. The number of anilines is 4. The molecule has 0 bridgehead atoms. The van der Waals surface area contributed by atoms with Gasteiger partial charge in [0, 0.05) is 18.1 Å². The lowest BCUT2D eigenvalue weighted by atomic mass is 10.2. The van der Waals surface area contributed by atoms with Gasteiger partial charge in [0.25, 0.3) is 5.91 Å². The van der Waals surface area contributed by atoms with E-state index in [1.807, 2.05) is 6.92 Å². The van der Waals surface area contributed by atoms with Crippen LogP contribution in [0.1, 0.15) is 26.2 Å². The van der Waals surface area contributed by atoms with Gasteiger partial charge in [-0.1, -0.05) is 19.4 Å². The zero-order valence-electron chi connectivity index (χ0n) is 19.1. The number of rotatable bonds is 10. The van der Waals surface area contributed by atoms with Crippen LogP contribution in [0.3, 0.4) is 0 Å². The number of carbonyl (C=O) groups excluding carboxylic acids is 3. The van der Waals surface area contributed by atoms with E-state index in [9.17, 15) is 18.8 Å². The molecule has 0 unspecified atom stereocenters. The molecule has 0 saturated carbocycles. The van der Waals surface area contributed by atoms with Crippen molar-refractivity contribution >= 4 is 46.2 Å². The van der Waals surface area contributed by atoms with Gasteiger partial charge in [-0.25, -0.2) is 4.39 Å². The Bertz CT molecular complexity index is 1220. The predicted octanol–water partition coefficient (Wildman–Crippen LogP) is 3.75. The molecule has 35 heavy (non-hydrogen) atoms. The van der Waals surface area contributed by atoms with Crippen LogP contribution in [0.2, 0.25) is 0 Å². The Morgan fingerprint density at radius 3 is 2.26 bits per heavy atom. The van der Waals surface area contributed by atoms with Crippen molar-refractivity contribution in [3.8, 4) is 0 Å². The van der Waals surface area contributed by atoms with Gasteiger partial charge in [-0.15, -0.1) is 0 Å². The Hall–Kier alpha value is -4.60. The summed E-state index contributed by atoms with van der Waals surface area (Å²) in [5.74, 6) is -2.47. The number of carbonyl (C=O) groups is 3. The maximum absolute atomic E-state index is 13.5. The number of nitrogens with two attached hydrogens (primary N) is 1. The number of nitrogens with zero attached hydrogens (tertiary/aromatic N) is 3. The molecular formula is C25H25FN6O3. The third-order valence-corrected chi connectivity index (χ3v) is 4.91. The quantitative estimate of drug-likeness (QED) is 0.233. The van der Waals surface area contributed by atoms with Gasteiger partial charge in [0.05, 0.1) is 22.8 Å². The van der Waals surface area contributed by atoms with E-state index in [1.54, 1.807) is 48.8 Å². The van der Waals surface area contributed by atoms with E-state index >= 15 is 0 Å². The molecule has 180 valence electrons.